The Balaban J connectivity index is 0. The van der Waals surface area contributed by atoms with E-state index in [1.165, 1.54) is 0 Å². The van der Waals surface area contributed by atoms with Gasteiger partial charge in [-0.25, -0.2) is 4.79 Å². The number of carbonyl (C=O) groups excluding carboxylic acids is 1. The van der Waals surface area contributed by atoms with Crippen LogP contribution in [-0.4, -0.2) is 50.2 Å². The molecular weight excluding hydrogens is 260 g/mol. The minimum Gasteiger partial charge on any atom is -0.481 e. The van der Waals surface area contributed by atoms with Crippen molar-refractivity contribution >= 4 is 23.7 Å². The smallest absolute Gasteiger partial charge is 0.372 e. The van der Waals surface area contributed by atoms with E-state index in [-0.39, 0.29) is 12.5 Å². The molecule has 0 aliphatic heterocycles. The van der Waals surface area contributed by atoms with Gasteiger partial charge in [0.15, 0.2) is 0 Å². The lowest BCUT2D eigenvalue weighted by Crippen LogP contribution is -2.13. The predicted molar refractivity (Wildman–Crippen MR) is 62.7 cm³/mol. The number of Topliss-reactive ketones (excluding diaryl/α,β-unsaturated/α-hetero) is 1. The van der Waals surface area contributed by atoms with Gasteiger partial charge < -0.3 is 20.4 Å². The first-order chi connectivity index (χ1) is 8.66. The van der Waals surface area contributed by atoms with Crippen molar-refractivity contribution in [2.24, 2.45) is 0 Å². The fourth-order valence-electron chi connectivity index (χ4n) is 0.876. The summed E-state index contributed by atoms with van der Waals surface area (Å²) >= 11 is 0. The van der Waals surface area contributed by atoms with Crippen molar-refractivity contribution in [2.75, 3.05) is 0 Å². The lowest BCUT2D eigenvalue weighted by atomic mass is 10.2. The Morgan fingerprint density at radius 1 is 0.895 bits per heavy atom. The Labute approximate surface area is 109 Å². The third kappa shape index (κ3) is 18.6. The zero-order chi connectivity index (χ0) is 15.4. The van der Waals surface area contributed by atoms with Gasteiger partial charge in [0.1, 0.15) is 0 Å². The molecule has 110 valence electrons. The van der Waals surface area contributed by atoms with Crippen molar-refractivity contribution in [2.45, 2.75) is 45.1 Å². The van der Waals surface area contributed by atoms with Crippen molar-refractivity contribution in [3.8, 4) is 0 Å². The van der Waals surface area contributed by atoms with E-state index < -0.39 is 36.5 Å². The van der Waals surface area contributed by atoms with Crippen LogP contribution in [0.15, 0.2) is 0 Å². The molecule has 0 saturated carbocycles. The molecule has 0 bridgehead atoms. The summed E-state index contributed by atoms with van der Waals surface area (Å²) in [5, 5.41) is 32.8. The summed E-state index contributed by atoms with van der Waals surface area (Å²) in [5.41, 5.74) is 0. The molecule has 0 aliphatic carbocycles. The van der Waals surface area contributed by atoms with Gasteiger partial charge in [-0.1, -0.05) is 0 Å². The second-order valence-corrected chi connectivity index (χ2v) is 3.76. The maximum atomic E-state index is 10.2. The molecular formula is C11H18O8. The molecule has 0 heterocycles. The van der Waals surface area contributed by atoms with E-state index in [0.717, 1.165) is 0 Å². The number of aliphatic hydroxyl groups is 1. The monoisotopic (exact) mass is 278 g/mol. The van der Waals surface area contributed by atoms with Crippen molar-refractivity contribution in [3.63, 3.8) is 0 Å². The number of hydrogen-bond donors (Lipinski definition) is 4. The van der Waals surface area contributed by atoms with Gasteiger partial charge >= 0.3 is 17.9 Å². The largest absolute Gasteiger partial charge is 0.481 e. The summed E-state index contributed by atoms with van der Waals surface area (Å²) in [6, 6.07) is 0. The third-order valence-corrected chi connectivity index (χ3v) is 1.82. The van der Waals surface area contributed by atoms with E-state index >= 15 is 0 Å². The Morgan fingerprint density at radius 2 is 1.37 bits per heavy atom. The van der Waals surface area contributed by atoms with Crippen LogP contribution < -0.4 is 0 Å². The molecule has 0 spiro atoms. The standard InChI is InChI=1S/C6H12O3.C5H6O5/c1-5(7)3-2-4-6(8)9;6-3(5(9)10)1-2-4(7)8/h5,7H,2-4H2,1H3,(H,8,9);1-2H2,(H,7,8)(H,9,10). The van der Waals surface area contributed by atoms with E-state index in [4.69, 9.17) is 20.4 Å². The fraction of sp³-hybridized carbons (Fsp3) is 0.636. The lowest BCUT2D eigenvalue weighted by Gasteiger charge is -1.99. The molecule has 1 atom stereocenters. The Hall–Kier alpha value is -1.96. The van der Waals surface area contributed by atoms with E-state index in [9.17, 15) is 19.2 Å². The lowest BCUT2D eigenvalue weighted by molar-refractivity contribution is -0.149. The topological polar surface area (TPSA) is 149 Å². The van der Waals surface area contributed by atoms with Gasteiger partial charge in [0.2, 0.25) is 5.78 Å². The number of ketones is 1. The number of aliphatic hydroxyl groups excluding tert-OH is 1. The van der Waals surface area contributed by atoms with Gasteiger partial charge in [0, 0.05) is 12.8 Å². The zero-order valence-corrected chi connectivity index (χ0v) is 10.5. The quantitative estimate of drug-likeness (QED) is 0.457. The number of aliphatic carboxylic acids is 3. The highest BCUT2D eigenvalue weighted by atomic mass is 16.4. The number of carboxylic acids is 3. The molecule has 19 heavy (non-hydrogen) atoms. The van der Waals surface area contributed by atoms with Crippen LogP contribution in [-0.2, 0) is 19.2 Å². The van der Waals surface area contributed by atoms with Crippen LogP contribution in [0.25, 0.3) is 0 Å². The highest BCUT2D eigenvalue weighted by Gasteiger charge is 2.12. The van der Waals surface area contributed by atoms with Crippen molar-refractivity contribution in [3.05, 3.63) is 0 Å². The average Bonchev–Trinajstić information content (AvgIpc) is 2.25. The van der Waals surface area contributed by atoms with Crippen LogP contribution in [0.4, 0.5) is 0 Å². The molecule has 0 aromatic rings. The second kappa shape index (κ2) is 11.1. The van der Waals surface area contributed by atoms with Crippen molar-refractivity contribution in [1.82, 2.24) is 0 Å². The molecule has 0 aromatic carbocycles. The summed E-state index contributed by atoms with van der Waals surface area (Å²) in [7, 11) is 0. The van der Waals surface area contributed by atoms with Crippen LogP contribution in [0, 0.1) is 0 Å². The van der Waals surface area contributed by atoms with Gasteiger partial charge in [-0.3, -0.25) is 14.4 Å². The minimum atomic E-state index is -1.58. The van der Waals surface area contributed by atoms with Crippen LogP contribution in [0.3, 0.4) is 0 Å². The number of rotatable bonds is 8. The maximum Gasteiger partial charge on any atom is 0.372 e. The molecule has 0 aromatic heterocycles. The highest BCUT2D eigenvalue weighted by Crippen LogP contribution is 1.98. The molecule has 4 N–H and O–H groups in total. The molecule has 0 radical (unpaired) electrons. The first kappa shape index (κ1) is 19.4. The van der Waals surface area contributed by atoms with E-state index in [1.807, 2.05) is 0 Å². The third-order valence-electron chi connectivity index (χ3n) is 1.82. The number of carboxylic acid groups (broad SMARTS) is 3. The van der Waals surface area contributed by atoms with Gasteiger partial charge in [0.05, 0.1) is 12.5 Å². The van der Waals surface area contributed by atoms with Crippen molar-refractivity contribution < 1.29 is 39.6 Å². The van der Waals surface area contributed by atoms with Crippen molar-refractivity contribution in [1.29, 1.82) is 0 Å². The fourth-order valence-corrected chi connectivity index (χ4v) is 0.876. The Morgan fingerprint density at radius 3 is 1.68 bits per heavy atom. The molecule has 0 rings (SSSR count). The highest BCUT2D eigenvalue weighted by molar-refractivity contribution is 6.32. The molecule has 0 amide bonds. The average molecular weight is 278 g/mol. The van der Waals surface area contributed by atoms with Gasteiger partial charge in [-0.15, -0.1) is 0 Å². The molecule has 0 aliphatic rings. The SMILES string of the molecule is CC(O)CCCC(=O)O.O=C(O)CCC(=O)C(=O)O. The molecule has 0 fully saturated rings. The summed E-state index contributed by atoms with van der Waals surface area (Å²) in [6.45, 7) is 1.65. The number of carbonyl (C=O) groups is 4. The predicted octanol–water partition coefficient (Wildman–Crippen LogP) is 0.127. The maximum absolute atomic E-state index is 10.2. The van der Waals surface area contributed by atoms with E-state index in [0.29, 0.717) is 12.8 Å². The van der Waals surface area contributed by atoms with Gasteiger partial charge in [-0.05, 0) is 19.8 Å². The van der Waals surface area contributed by atoms with Crippen LogP contribution in [0.5, 0.6) is 0 Å². The molecule has 1 unspecified atom stereocenters. The minimum absolute atomic E-state index is 0.158. The Kier molecular flexibility index (Phi) is 11.4. The summed E-state index contributed by atoms with van der Waals surface area (Å²) in [4.78, 5) is 39.6. The van der Waals surface area contributed by atoms with Crippen LogP contribution in [0.1, 0.15) is 39.0 Å². The molecule has 8 nitrogen and oxygen atoms in total. The first-order valence-corrected chi connectivity index (χ1v) is 5.54. The normalized spacial score (nSPS) is 10.8. The molecule has 0 saturated heterocycles. The summed E-state index contributed by atoms with van der Waals surface area (Å²) < 4.78 is 0. The second-order valence-electron chi connectivity index (χ2n) is 3.76. The molecule has 8 heteroatoms. The zero-order valence-electron chi connectivity index (χ0n) is 10.5. The first-order valence-electron chi connectivity index (χ1n) is 5.54. The summed E-state index contributed by atoms with van der Waals surface area (Å²) in [5.74, 6) is -4.62. The van der Waals surface area contributed by atoms with E-state index in [2.05, 4.69) is 0 Å². The van der Waals surface area contributed by atoms with Crippen LogP contribution in [0.2, 0.25) is 0 Å². The van der Waals surface area contributed by atoms with Gasteiger partial charge in [-0.2, -0.15) is 0 Å². The summed E-state index contributed by atoms with van der Waals surface area (Å²) in [6.07, 6.45) is 0.0596. The van der Waals surface area contributed by atoms with Crippen LogP contribution >= 0.6 is 0 Å². The number of hydrogen-bond acceptors (Lipinski definition) is 5. The van der Waals surface area contributed by atoms with E-state index in [1.54, 1.807) is 6.92 Å². The van der Waals surface area contributed by atoms with Gasteiger partial charge in [0.25, 0.3) is 0 Å². The Bertz CT molecular complexity index is 321.